The summed E-state index contributed by atoms with van der Waals surface area (Å²) >= 11 is 5.55. The van der Waals surface area contributed by atoms with Gasteiger partial charge in [0.25, 0.3) is 0 Å². The minimum Gasteiger partial charge on any atom is -0.445 e. The molecular formula is C8H4ClFO. The average molecular weight is 171 g/mol. The quantitative estimate of drug-likeness (QED) is 0.592. The van der Waals surface area contributed by atoms with Gasteiger partial charge in [0.2, 0.25) is 0 Å². The first kappa shape index (κ1) is 6.68. The van der Waals surface area contributed by atoms with Gasteiger partial charge in [-0.25, -0.2) is 4.39 Å². The van der Waals surface area contributed by atoms with Crippen molar-refractivity contribution in [3.63, 3.8) is 0 Å². The van der Waals surface area contributed by atoms with Gasteiger partial charge < -0.3 is 4.42 Å². The van der Waals surface area contributed by atoms with Crippen LogP contribution in [0.15, 0.2) is 28.7 Å². The van der Waals surface area contributed by atoms with Crippen LogP contribution in [0.25, 0.3) is 11.0 Å². The van der Waals surface area contributed by atoms with Crippen molar-refractivity contribution in [1.82, 2.24) is 0 Å². The van der Waals surface area contributed by atoms with Crippen molar-refractivity contribution in [2.45, 2.75) is 0 Å². The first-order valence-corrected chi connectivity index (χ1v) is 3.48. The average Bonchev–Trinajstić information content (AvgIpc) is 2.27. The fourth-order valence-electron chi connectivity index (χ4n) is 0.982. The largest absolute Gasteiger partial charge is 0.445 e. The van der Waals surface area contributed by atoms with Crippen LogP contribution >= 0.6 is 11.6 Å². The van der Waals surface area contributed by atoms with Crippen molar-refractivity contribution < 1.29 is 8.81 Å². The highest BCUT2D eigenvalue weighted by Gasteiger charge is 2.01. The van der Waals surface area contributed by atoms with Gasteiger partial charge in [-0.15, -0.1) is 0 Å². The summed E-state index contributed by atoms with van der Waals surface area (Å²) < 4.78 is 17.6. The molecule has 0 aliphatic rings. The van der Waals surface area contributed by atoms with E-state index in [9.17, 15) is 4.39 Å². The molecule has 0 aliphatic carbocycles. The Labute approximate surface area is 67.4 Å². The molecule has 0 saturated carbocycles. The molecule has 1 aromatic carbocycles. The molecule has 0 atom stereocenters. The van der Waals surface area contributed by atoms with Crippen molar-refractivity contribution in [3.05, 3.63) is 35.3 Å². The third-order valence-corrected chi connectivity index (χ3v) is 1.63. The lowest BCUT2D eigenvalue weighted by atomic mass is 10.2. The second-order valence-corrected chi connectivity index (χ2v) is 2.61. The number of rotatable bonds is 0. The lowest BCUT2D eigenvalue weighted by molar-refractivity contribution is 0.611. The molecule has 1 aromatic heterocycles. The monoisotopic (exact) mass is 170 g/mol. The van der Waals surface area contributed by atoms with E-state index < -0.39 is 0 Å². The van der Waals surface area contributed by atoms with Crippen LogP contribution in [0.5, 0.6) is 0 Å². The van der Waals surface area contributed by atoms with E-state index >= 15 is 0 Å². The second kappa shape index (κ2) is 2.24. The molecule has 0 N–H and O–H groups in total. The van der Waals surface area contributed by atoms with E-state index in [0.717, 1.165) is 0 Å². The molecule has 0 unspecified atom stereocenters. The Hall–Kier alpha value is -1.02. The molecule has 0 saturated heterocycles. The van der Waals surface area contributed by atoms with Crippen molar-refractivity contribution in [1.29, 1.82) is 0 Å². The van der Waals surface area contributed by atoms with E-state index in [-0.39, 0.29) is 11.0 Å². The Bertz CT molecular complexity index is 394. The smallest absolute Gasteiger partial charge is 0.194 e. The summed E-state index contributed by atoms with van der Waals surface area (Å²) in [6.45, 7) is 0. The minimum atomic E-state index is -0.282. The molecule has 0 radical (unpaired) electrons. The van der Waals surface area contributed by atoms with E-state index in [0.29, 0.717) is 11.0 Å². The van der Waals surface area contributed by atoms with Crippen LogP contribution in [0.4, 0.5) is 4.39 Å². The molecule has 0 bridgehead atoms. The van der Waals surface area contributed by atoms with Gasteiger partial charge in [0.15, 0.2) is 5.22 Å². The molecule has 1 nitrogen and oxygen atoms in total. The van der Waals surface area contributed by atoms with Gasteiger partial charge in [-0.1, -0.05) is 0 Å². The zero-order valence-corrected chi connectivity index (χ0v) is 6.23. The van der Waals surface area contributed by atoms with Gasteiger partial charge in [0.1, 0.15) is 11.4 Å². The number of hydrogen-bond donors (Lipinski definition) is 0. The van der Waals surface area contributed by atoms with Crippen LogP contribution in [0.2, 0.25) is 5.22 Å². The predicted molar refractivity (Wildman–Crippen MR) is 41.2 cm³/mol. The maximum absolute atomic E-state index is 12.6. The van der Waals surface area contributed by atoms with Crippen molar-refractivity contribution in [3.8, 4) is 0 Å². The van der Waals surface area contributed by atoms with Crippen LogP contribution in [-0.2, 0) is 0 Å². The number of fused-ring (bicyclic) bond motifs is 1. The van der Waals surface area contributed by atoms with Gasteiger partial charge in [-0.2, -0.15) is 0 Å². The summed E-state index contributed by atoms with van der Waals surface area (Å²) in [4.78, 5) is 0. The van der Waals surface area contributed by atoms with Gasteiger partial charge >= 0.3 is 0 Å². The second-order valence-electron chi connectivity index (χ2n) is 2.23. The molecule has 3 heteroatoms. The zero-order chi connectivity index (χ0) is 7.84. The highest BCUT2D eigenvalue weighted by molar-refractivity contribution is 6.29. The standard InChI is InChI=1S/C8H4ClFO/c9-8-4-5-3-6(10)1-2-7(5)11-8/h1-4H. The Morgan fingerprint density at radius 2 is 2.09 bits per heavy atom. The van der Waals surface area contributed by atoms with Crippen LogP contribution in [-0.4, -0.2) is 0 Å². The van der Waals surface area contributed by atoms with Crippen molar-refractivity contribution >= 4 is 22.6 Å². The molecule has 11 heavy (non-hydrogen) atoms. The SMILES string of the molecule is Fc1ccc2oc(Cl)cc2c1. The van der Waals surface area contributed by atoms with Gasteiger partial charge in [-0.3, -0.25) is 0 Å². The lowest BCUT2D eigenvalue weighted by Gasteiger charge is -1.85. The Morgan fingerprint density at radius 3 is 2.91 bits per heavy atom. The maximum Gasteiger partial charge on any atom is 0.194 e. The van der Waals surface area contributed by atoms with E-state index in [1.807, 2.05) is 0 Å². The summed E-state index contributed by atoms with van der Waals surface area (Å²) in [5.41, 5.74) is 0.608. The van der Waals surface area contributed by atoms with Crippen LogP contribution in [0, 0.1) is 5.82 Å². The third kappa shape index (κ3) is 1.10. The molecule has 2 aromatic rings. The highest BCUT2D eigenvalue weighted by Crippen LogP contribution is 2.22. The van der Waals surface area contributed by atoms with E-state index in [1.165, 1.54) is 12.1 Å². The van der Waals surface area contributed by atoms with E-state index in [2.05, 4.69) is 0 Å². The topological polar surface area (TPSA) is 13.1 Å². The summed E-state index contributed by atoms with van der Waals surface area (Å²) in [5, 5.41) is 0.973. The Balaban J connectivity index is 2.82. The molecule has 0 spiro atoms. The Kier molecular flexibility index (Phi) is 1.36. The highest BCUT2D eigenvalue weighted by atomic mass is 35.5. The first-order valence-electron chi connectivity index (χ1n) is 3.10. The first-order chi connectivity index (χ1) is 5.25. The molecule has 2 rings (SSSR count). The van der Waals surface area contributed by atoms with Gasteiger partial charge in [0, 0.05) is 11.5 Å². The van der Waals surface area contributed by atoms with E-state index in [1.54, 1.807) is 12.1 Å². The number of benzene rings is 1. The minimum absolute atomic E-state index is 0.282. The third-order valence-electron chi connectivity index (χ3n) is 1.45. The number of furan rings is 1. The molecule has 0 amide bonds. The molecule has 1 heterocycles. The van der Waals surface area contributed by atoms with Crippen molar-refractivity contribution in [2.75, 3.05) is 0 Å². The van der Waals surface area contributed by atoms with Gasteiger partial charge in [-0.05, 0) is 29.8 Å². The number of halogens is 2. The number of hydrogen-bond acceptors (Lipinski definition) is 1. The summed E-state index contributed by atoms with van der Waals surface area (Å²) in [7, 11) is 0. The van der Waals surface area contributed by atoms with Crippen LogP contribution < -0.4 is 0 Å². The maximum atomic E-state index is 12.6. The lowest BCUT2D eigenvalue weighted by Crippen LogP contribution is -1.68. The van der Waals surface area contributed by atoms with Crippen molar-refractivity contribution in [2.24, 2.45) is 0 Å². The normalized spacial score (nSPS) is 10.7. The fourth-order valence-corrected chi connectivity index (χ4v) is 1.18. The van der Waals surface area contributed by atoms with Crippen LogP contribution in [0.3, 0.4) is 0 Å². The van der Waals surface area contributed by atoms with Crippen LogP contribution in [0.1, 0.15) is 0 Å². The summed E-state index contributed by atoms with van der Waals surface area (Å²) in [6.07, 6.45) is 0. The Morgan fingerprint density at radius 1 is 1.27 bits per heavy atom. The van der Waals surface area contributed by atoms with Gasteiger partial charge in [0.05, 0.1) is 0 Å². The summed E-state index contributed by atoms with van der Waals surface area (Å²) in [5.74, 6) is -0.282. The fraction of sp³-hybridized carbons (Fsp3) is 0. The molecule has 0 fully saturated rings. The molecule has 0 aliphatic heterocycles. The molecule has 56 valence electrons. The predicted octanol–water partition coefficient (Wildman–Crippen LogP) is 3.23. The molecular weight excluding hydrogens is 167 g/mol. The summed E-state index contributed by atoms with van der Waals surface area (Å²) in [6, 6.07) is 5.85. The zero-order valence-electron chi connectivity index (χ0n) is 5.47. The van der Waals surface area contributed by atoms with E-state index in [4.69, 9.17) is 16.0 Å².